The van der Waals surface area contributed by atoms with E-state index in [-0.39, 0.29) is 5.69 Å². The smallest absolute Gasteiger partial charge is 0.291 e. The van der Waals surface area contributed by atoms with Crippen molar-refractivity contribution in [2.45, 2.75) is 19.9 Å². The fraction of sp³-hybridized carbons (Fsp3) is 0.333. The number of nitrogens with zero attached hydrogens (tertiary/aromatic N) is 4. The van der Waals surface area contributed by atoms with Gasteiger partial charge in [-0.15, -0.1) is 0 Å². The molecule has 0 aliphatic carbocycles. The summed E-state index contributed by atoms with van der Waals surface area (Å²) in [5, 5.41) is 14.0. The first-order valence-corrected chi connectivity index (χ1v) is 6.88. The summed E-state index contributed by atoms with van der Waals surface area (Å²) in [5.74, 6) is 0.624. The molecule has 2 aromatic heterocycles. The summed E-state index contributed by atoms with van der Waals surface area (Å²) in [4.78, 5) is 18.4. The van der Waals surface area contributed by atoms with Gasteiger partial charge in [-0.05, 0) is 29.3 Å². The Morgan fingerprint density at radius 3 is 3.00 bits per heavy atom. The molecule has 0 atom stereocenters. The quantitative estimate of drug-likeness (QED) is 0.496. The Balaban J connectivity index is 1.93. The molecule has 0 bridgehead atoms. The van der Waals surface area contributed by atoms with Crippen molar-refractivity contribution in [3.63, 3.8) is 0 Å². The van der Waals surface area contributed by atoms with Crippen LogP contribution in [0.3, 0.4) is 0 Å². The Morgan fingerprint density at radius 2 is 2.35 bits per heavy atom. The fourth-order valence-corrected chi connectivity index (χ4v) is 2.21. The lowest BCUT2D eigenvalue weighted by Gasteiger charge is -2.09. The summed E-state index contributed by atoms with van der Waals surface area (Å²) in [6, 6.07) is 0. The van der Waals surface area contributed by atoms with Gasteiger partial charge >= 0.3 is 0 Å². The van der Waals surface area contributed by atoms with Gasteiger partial charge in [-0.3, -0.25) is 10.1 Å². The van der Waals surface area contributed by atoms with Crippen LogP contribution in [0.2, 0.25) is 0 Å². The molecule has 8 heteroatoms. The number of pyridine rings is 1. The van der Waals surface area contributed by atoms with Crippen LogP contribution >= 0.6 is 15.9 Å². The lowest BCUT2D eigenvalue weighted by Crippen LogP contribution is -2.08. The van der Waals surface area contributed by atoms with E-state index in [1.807, 2.05) is 10.8 Å². The maximum atomic E-state index is 10.8. The maximum absolute atomic E-state index is 10.8. The molecule has 0 aliphatic heterocycles. The van der Waals surface area contributed by atoms with Crippen molar-refractivity contribution in [2.75, 3.05) is 11.9 Å². The number of hydrogen-bond acceptors (Lipinski definition) is 5. The third-order valence-electron chi connectivity index (χ3n) is 2.88. The van der Waals surface area contributed by atoms with Crippen molar-refractivity contribution >= 4 is 27.4 Å². The zero-order valence-corrected chi connectivity index (χ0v) is 12.5. The molecule has 0 fully saturated rings. The molecule has 7 nitrogen and oxygen atoms in total. The summed E-state index contributed by atoms with van der Waals surface area (Å²) in [6.45, 7) is 3.28. The Hall–Kier alpha value is -1.96. The van der Waals surface area contributed by atoms with Crippen molar-refractivity contribution in [1.29, 1.82) is 0 Å². The molecule has 0 unspecified atom stereocenters. The predicted octanol–water partition coefficient (Wildman–Crippen LogP) is 2.76. The SMILES string of the molecule is Cc1c([N+](=O)[O-])cnc(NCCCn2ccnc2)c1Br. The number of rotatable bonds is 6. The summed E-state index contributed by atoms with van der Waals surface area (Å²) in [5.41, 5.74) is 0.586. The number of nitrogens with one attached hydrogen (secondary N) is 1. The highest BCUT2D eigenvalue weighted by Gasteiger charge is 2.16. The highest BCUT2D eigenvalue weighted by atomic mass is 79.9. The van der Waals surface area contributed by atoms with Gasteiger partial charge in [0.2, 0.25) is 0 Å². The number of nitro groups is 1. The van der Waals surface area contributed by atoms with Crippen LogP contribution in [0.15, 0.2) is 29.4 Å². The van der Waals surface area contributed by atoms with Gasteiger partial charge in [-0.2, -0.15) is 0 Å². The average Bonchev–Trinajstić information content (AvgIpc) is 2.92. The largest absolute Gasteiger partial charge is 0.369 e. The number of hydrogen-bond donors (Lipinski definition) is 1. The van der Waals surface area contributed by atoms with E-state index in [0.29, 0.717) is 15.9 Å². The summed E-state index contributed by atoms with van der Waals surface area (Å²) in [6.07, 6.45) is 7.60. The van der Waals surface area contributed by atoms with Gasteiger partial charge in [0.25, 0.3) is 5.69 Å². The molecular formula is C12H14BrN5O2. The van der Waals surface area contributed by atoms with E-state index in [0.717, 1.165) is 19.5 Å². The minimum atomic E-state index is -0.435. The number of imidazole rings is 1. The molecule has 2 heterocycles. The van der Waals surface area contributed by atoms with Crippen LogP contribution in [-0.4, -0.2) is 26.0 Å². The second-order valence-corrected chi connectivity index (χ2v) is 5.06. The number of aryl methyl sites for hydroxylation is 1. The molecular weight excluding hydrogens is 326 g/mol. The number of halogens is 1. The van der Waals surface area contributed by atoms with Crippen molar-refractivity contribution in [1.82, 2.24) is 14.5 Å². The van der Waals surface area contributed by atoms with Gasteiger partial charge in [-0.25, -0.2) is 9.97 Å². The van der Waals surface area contributed by atoms with Gasteiger partial charge in [-0.1, -0.05) is 0 Å². The Labute approximate surface area is 124 Å². The van der Waals surface area contributed by atoms with Gasteiger partial charge in [0.1, 0.15) is 12.0 Å². The van der Waals surface area contributed by atoms with Gasteiger partial charge in [0.05, 0.1) is 15.7 Å². The first-order valence-electron chi connectivity index (χ1n) is 6.08. The fourth-order valence-electron chi connectivity index (χ4n) is 1.76. The monoisotopic (exact) mass is 339 g/mol. The minimum absolute atomic E-state index is 0.0147. The van der Waals surface area contributed by atoms with E-state index in [1.54, 1.807) is 19.4 Å². The first-order chi connectivity index (χ1) is 9.59. The molecule has 2 rings (SSSR count). The second-order valence-electron chi connectivity index (χ2n) is 4.27. The molecule has 0 aliphatic rings. The molecule has 0 amide bonds. The van der Waals surface area contributed by atoms with Gasteiger partial charge in [0, 0.05) is 31.0 Å². The molecule has 20 heavy (non-hydrogen) atoms. The Kier molecular flexibility index (Phi) is 4.67. The van der Waals surface area contributed by atoms with Crippen molar-refractivity contribution in [3.8, 4) is 0 Å². The molecule has 0 saturated carbocycles. The Morgan fingerprint density at radius 1 is 1.55 bits per heavy atom. The zero-order chi connectivity index (χ0) is 14.5. The standard InChI is InChI=1S/C12H14BrN5O2/c1-9-10(18(19)20)7-16-12(11(9)13)15-3-2-5-17-6-4-14-8-17/h4,6-8H,2-3,5H2,1H3,(H,15,16). The zero-order valence-electron chi connectivity index (χ0n) is 10.9. The van der Waals surface area contributed by atoms with Crippen LogP contribution in [0.5, 0.6) is 0 Å². The van der Waals surface area contributed by atoms with Crippen molar-refractivity contribution in [2.24, 2.45) is 0 Å². The normalized spacial score (nSPS) is 10.5. The van der Waals surface area contributed by atoms with Gasteiger partial charge < -0.3 is 9.88 Å². The third kappa shape index (κ3) is 3.32. The van der Waals surface area contributed by atoms with Gasteiger partial charge in [0.15, 0.2) is 0 Å². The van der Waals surface area contributed by atoms with Crippen LogP contribution < -0.4 is 5.32 Å². The lowest BCUT2D eigenvalue weighted by molar-refractivity contribution is -0.385. The molecule has 106 valence electrons. The van der Waals surface area contributed by atoms with Crippen LogP contribution in [0.4, 0.5) is 11.5 Å². The maximum Gasteiger partial charge on any atom is 0.291 e. The first kappa shape index (κ1) is 14.4. The molecule has 0 aromatic carbocycles. The van der Waals surface area contributed by atoms with Crippen LogP contribution in [0, 0.1) is 17.0 Å². The predicted molar refractivity (Wildman–Crippen MR) is 78.7 cm³/mol. The number of anilines is 1. The van der Waals surface area contributed by atoms with Crippen LogP contribution in [0.1, 0.15) is 12.0 Å². The minimum Gasteiger partial charge on any atom is -0.369 e. The van der Waals surface area contributed by atoms with Crippen molar-refractivity contribution < 1.29 is 4.92 Å². The van der Waals surface area contributed by atoms with E-state index in [1.165, 1.54) is 6.20 Å². The topological polar surface area (TPSA) is 85.9 Å². The van der Waals surface area contributed by atoms with E-state index < -0.39 is 4.92 Å². The summed E-state index contributed by atoms with van der Waals surface area (Å²) in [7, 11) is 0. The van der Waals surface area contributed by atoms with E-state index >= 15 is 0 Å². The number of aromatic nitrogens is 3. The van der Waals surface area contributed by atoms with Crippen LogP contribution in [0.25, 0.3) is 0 Å². The van der Waals surface area contributed by atoms with E-state index in [2.05, 4.69) is 31.2 Å². The average molecular weight is 340 g/mol. The molecule has 0 saturated heterocycles. The third-order valence-corrected chi connectivity index (χ3v) is 3.85. The van der Waals surface area contributed by atoms with E-state index in [4.69, 9.17) is 0 Å². The highest BCUT2D eigenvalue weighted by molar-refractivity contribution is 9.10. The molecule has 0 radical (unpaired) electrons. The summed E-state index contributed by atoms with van der Waals surface area (Å²) < 4.78 is 2.62. The second kappa shape index (κ2) is 6.47. The highest BCUT2D eigenvalue weighted by Crippen LogP contribution is 2.30. The lowest BCUT2D eigenvalue weighted by atomic mass is 10.2. The van der Waals surface area contributed by atoms with E-state index in [9.17, 15) is 10.1 Å². The van der Waals surface area contributed by atoms with Crippen molar-refractivity contribution in [3.05, 3.63) is 45.1 Å². The van der Waals surface area contributed by atoms with Crippen LogP contribution in [-0.2, 0) is 6.54 Å². The Bertz CT molecular complexity index is 600. The molecule has 1 N–H and O–H groups in total. The molecule has 2 aromatic rings. The summed E-state index contributed by atoms with van der Waals surface area (Å²) >= 11 is 3.35. The molecule has 0 spiro atoms.